The molecule has 2 N–H and O–H groups in total. The summed E-state index contributed by atoms with van der Waals surface area (Å²) in [7, 11) is 0. The number of hydrogen-bond acceptors (Lipinski definition) is 2. The summed E-state index contributed by atoms with van der Waals surface area (Å²) in [6.45, 7) is 15.1. The lowest BCUT2D eigenvalue weighted by molar-refractivity contribution is 0.472. The highest BCUT2D eigenvalue weighted by Crippen LogP contribution is 2.32. The molecule has 0 unspecified atom stereocenters. The van der Waals surface area contributed by atoms with Gasteiger partial charge in [0, 0.05) is 11.5 Å². The Labute approximate surface area is 99.1 Å². The van der Waals surface area contributed by atoms with Crippen LogP contribution in [0, 0.1) is 0 Å². The van der Waals surface area contributed by atoms with Crippen molar-refractivity contribution in [1.29, 1.82) is 0 Å². The molecular formula is C13H25N3. The Morgan fingerprint density at radius 1 is 1.12 bits per heavy atom. The number of imidazole rings is 1. The molecule has 0 radical (unpaired) electrons. The van der Waals surface area contributed by atoms with E-state index in [1.54, 1.807) is 0 Å². The lowest BCUT2D eigenvalue weighted by Crippen LogP contribution is -2.21. The van der Waals surface area contributed by atoms with Gasteiger partial charge in [0.2, 0.25) is 0 Å². The lowest BCUT2D eigenvalue weighted by Gasteiger charge is -2.22. The van der Waals surface area contributed by atoms with Crippen molar-refractivity contribution in [3.8, 4) is 0 Å². The Hall–Kier alpha value is -0.990. The fourth-order valence-corrected chi connectivity index (χ4v) is 1.94. The van der Waals surface area contributed by atoms with E-state index in [9.17, 15) is 0 Å². The van der Waals surface area contributed by atoms with Crippen molar-refractivity contribution in [2.75, 3.05) is 5.73 Å². The molecule has 0 fully saturated rings. The van der Waals surface area contributed by atoms with Crippen molar-refractivity contribution in [1.82, 2.24) is 9.55 Å². The second-order valence-electron chi connectivity index (χ2n) is 6.07. The fourth-order valence-electron chi connectivity index (χ4n) is 1.94. The number of aromatic nitrogens is 2. The normalized spacial score (nSPS) is 12.8. The van der Waals surface area contributed by atoms with Crippen LogP contribution < -0.4 is 5.73 Å². The van der Waals surface area contributed by atoms with E-state index in [1.807, 2.05) is 0 Å². The van der Waals surface area contributed by atoms with Crippen LogP contribution in [0.25, 0.3) is 0 Å². The van der Waals surface area contributed by atoms with Gasteiger partial charge in [0.1, 0.15) is 11.6 Å². The maximum atomic E-state index is 6.20. The van der Waals surface area contributed by atoms with Gasteiger partial charge in [-0.3, -0.25) is 0 Å². The van der Waals surface area contributed by atoms with Gasteiger partial charge in [-0.2, -0.15) is 0 Å². The summed E-state index contributed by atoms with van der Waals surface area (Å²) in [6.07, 6.45) is 0. The van der Waals surface area contributed by atoms with Crippen LogP contribution >= 0.6 is 0 Å². The highest BCUT2D eigenvalue weighted by atomic mass is 15.2. The SMILES string of the molecule is CC(C)c1nc(C(C)(C)C)n(C(C)C)c1N. The molecule has 1 aromatic heterocycles. The van der Waals surface area contributed by atoms with Gasteiger partial charge in [0.15, 0.2) is 0 Å². The van der Waals surface area contributed by atoms with E-state index in [2.05, 4.69) is 53.0 Å². The Balaban J connectivity index is 3.44. The molecular weight excluding hydrogens is 198 g/mol. The summed E-state index contributed by atoms with van der Waals surface area (Å²) >= 11 is 0. The molecule has 0 bridgehead atoms. The average Bonchev–Trinajstić information content (AvgIpc) is 2.41. The average molecular weight is 223 g/mol. The molecule has 16 heavy (non-hydrogen) atoms. The Morgan fingerprint density at radius 3 is 1.88 bits per heavy atom. The molecule has 0 spiro atoms. The smallest absolute Gasteiger partial charge is 0.127 e. The minimum atomic E-state index is 0.0333. The van der Waals surface area contributed by atoms with Gasteiger partial charge in [0.05, 0.1) is 5.69 Å². The van der Waals surface area contributed by atoms with E-state index in [0.29, 0.717) is 12.0 Å². The van der Waals surface area contributed by atoms with Crippen LogP contribution in [0.4, 0.5) is 5.82 Å². The van der Waals surface area contributed by atoms with Crippen molar-refractivity contribution in [2.24, 2.45) is 0 Å². The monoisotopic (exact) mass is 223 g/mol. The first-order valence-corrected chi connectivity index (χ1v) is 6.04. The minimum Gasteiger partial charge on any atom is -0.384 e. The summed E-state index contributed by atoms with van der Waals surface area (Å²) in [6, 6.07) is 0.356. The Morgan fingerprint density at radius 2 is 1.62 bits per heavy atom. The summed E-state index contributed by atoms with van der Waals surface area (Å²) in [5.74, 6) is 2.29. The van der Waals surface area contributed by atoms with Crippen molar-refractivity contribution in [3.63, 3.8) is 0 Å². The van der Waals surface area contributed by atoms with Crippen LogP contribution in [-0.2, 0) is 5.41 Å². The quantitative estimate of drug-likeness (QED) is 0.834. The summed E-state index contributed by atoms with van der Waals surface area (Å²) in [5.41, 5.74) is 7.26. The highest BCUT2D eigenvalue weighted by molar-refractivity contribution is 5.42. The highest BCUT2D eigenvalue weighted by Gasteiger charge is 2.26. The minimum absolute atomic E-state index is 0.0333. The van der Waals surface area contributed by atoms with E-state index in [1.165, 1.54) is 0 Å². The predicted octanol–water partition coefficient (Wildman–Crippen LogP) is 3.47. The molecule has 0 saturated heterocycles. The number of anilines is 1. The van der Waals surface area contributed by atoms with E-state index < -0.39 is 0 Å². The van der Waals surface area contributed by atoms with Gasteiger partial charge in [-0.15, -0.1) is 0 Å². The number of hydrogen-bond donors (Lipinski definition) is 1. The molecule has 1 heterocycles. The molecule has 1 aromatic rings. The summed E-state index contributed by atoms with van der Waals surface area (Å²) in [5, 5.41) is 0. The zero-order valence-electron chi connectivity index (χ0n) is 11.6. The first kappa shape index (κ1) is 13.1. The number of nitrogen functional groups attached to an aromatic ring is 1. The molecule has 92 valence electrons. The van der Waals surface area contributed by atoms with Crippen molar-refractivity contribution < 1.29 is 0 Å². The third kappa shape index (κ3) is 2.23. The van der Waals surface area contributed by atoms with Crippen LogP contribution in [-0.4, -0.2) is 9.55 Å². The summed E-state index contributed by atoms with van der Waals surface area (Å²) < 4.78 is 2.16. The standard InChI is InChI=1S/C13H25N3/c1-8(2)10-11(14)16(9(3)4)12(15-10)13(5,6)7/h8-9H,14H2,1-7H3. The molecule has 1 rings (SSSR count). The Kier molecular flexibility index (Phi) is 3.36. The molecule has 0 aliphatic heterocycles. The third-order valence-electron chi connectivity index (χ3n) is 2.71. The molecule has 0 aliphatic rings. The molecule has 3 heteroatoms. The summed E-state index contributed by atoms with van der Waals surface area (Å²) in [4.78, 5) is 4.74. The molecule has 0 aromatic carbocycles. The molecule has 0 aliphatic carbocycles. The third-order valence-corrected chi connectivity index (χ3v) is 2.71. The second kappa shape index (κ2) is 4.11. The van der Waals surface area contributed by atoms with Crippen LogP contribution in [0.15, 0.2) is 0 Å². The zero-order chi connectivity index (χ0) is 12.7. The molecule has 0 saturated carbocycles. The van der Waals surface area contributed by atoms with E-state index in [0.717, 1.165) is 17.3 Å². The number of rotatable bonds is 2. The van der Waals surface area contributed by atoms with Gasteiger partial charge >= 0.3 is 0 Å². The van der Waals surface area contributed by atoms with Crippen LogP contribution in [0.2, 0.25) is 0 Å². The van der Waals surface area contributed by atoms with Crippen molar-refractivity contribution in [3.05, 3.63) is 11.5 Å². The van der Waals surface area contributed by atoms with E-state index in [4.69, 9.17) is 10.7 Å². The zero-order valence-corrected chi connectivity index (χ0v) is 11.6. The molecule has 3 nitrogen and oxygen atoms in total. The van der Waals surface area contributed by atoms with Gasteiger partial charge < -0.3 is 10.3 Å². The maximum absolute atomic E-state index is 6.20. The molecule has 0 atom stereocenters. The largest absolute Gasteiger partial charge is 0.384 e. The van der Waals surface area contributed by atoms with Crippen LogP contribution in [0.5, 0.6) is 0 Å². The first-order valence-electron chi connectivity index (χ1n) is 6.04. The van der Waals surface area contributed by atoms with Gasteiger partial charge in [-0.1, -0.05) is 34.6 Å². The van der Waals surface area contributed by atoms with E-state index in [-0.39, 0.29) is 5.41 Å². The van der Waals surface area contributed by atoms with Crippen molar-refractivity contribution in [2.45, 2.75) is 65.8 Å². The van der Waals surface area contributed by atoms with E-state index >= 15 is 0 Å². The second-order valence-corrected chi connectivity index (χ2v) is 6.07. The maximum Gasteiger partial charge on any atom is 0.127 e. The van der Waals surface area contributed by atoms with Crippen LogP contribution in [0.1, 0.15) is 71.9 Å². The fraction of sp³-hybridized carbons (Fsp3) is 0.769. The Bertz CT molecular complexity index is 367. The van der Waals surface area contributed by atoms with Gasteiger partial charge in [-0.05, 0) is 19.8 Å². The molecule has 0 amide bonds. The number of nitrogens with zero attached hydrogens (tertiary/aromatic N) is 2. The van der Waals surface area contributed by atoms with Gasteiger partial charge in [-0.25, -0.2) is 4.98 Å². The van der Waals surface area contributed by atoms with Gasteiger partial charge in [0.25, 0.3) is 0 Å². The first-order chi connectivity index (χ1) is 7.16. The lowest BCUT2D eigenvalue weighted by atomic mass is 9.95. The van der Waals surface area contributed by atoms with Crippen LogP contribution in [0.3, 0.4) is 0 Å². The number of nitrogens with two attached hydrogens (primary N) is 1. The predicted molar refractivity (Wildman–Crippen MR) is 69.8 cm³/mol. The topological polar surface area (TPSA) is 43.8 Å². The van der Waals surface area contributed by atoms with Crippen molar-refractivity contribution >= 4 is 5.82 Å².